The molecule has 0 aliphatic carbocycles. The molecule has 1 aromatic carbocycles. The van der Waals surface area contributed by atoms with E-state index in [-0.39, 0.29) is 18.3 Å². The van der Waals surface area contributed by atoms with Gasteiger partial charge >= 0.3 is 0 Å². The van der Waals surface area contributed by atoms with E-state index in [9.17, 15) is 4.79 Å². The molecule has 5 heteroatoms. The van der Waals surface area contributed by atoms with E-state index in [1.54, 1.807) is 0 Å². The minimum absolute atomic E-state index is 0. The molecule has 124 valence electrons. The molecule has 1 amide bonds. The summed E-state index contributed by atoms with van der Waals surface area (Å²) in [6.07, 6.45) is 4.05. The minimum Gasteiger partial charge on any atom is -0.494 e. The molecule has 1 aliphatic heterocycles. The zero-order chi connectivity index (χ0) is 14.9. The molecule has 1 fully saturated rings. The average Bonchev–Trinajstić information content (AvgIpc) is 2.51. The van der Waals surface area contributed by atoms with Gasteiger partial charge in [0, 0.05) is 6.54 Å². The van der Waals surface area contributed by atoms with E-state index in [0.717, 1.165) is 37.4 Å². The van der Waals surface area contributed by atoms with Gasteiger partial charge in [-0.15, -0.1) is 12.4 Å². The van der Waals surface area contributed by atoms with Crippen molar-refractivity contribution in [2.24, 2.45) is 5.92 Å². The molecule has 1 atom stereocenters. The van der Waals surface area contributed by atoms with Crippen molar-refractivity contribution >= 4 is 18.3 Å². The Hall–Kier alpha value is -1.26. The number of carbonyl (C=O) groups is 1. The summed E-state index contributed by atoms with van der Waals surface area (Å²) in [6, 6.07) is 7.74. The Bertz CT molecular complexity index is 431. The lowest BCUT2D eigenvalue weighted by atomic mass is 9.96. The third kappa shape index (κ3) is 6.67. The van der Waals surface area contributed by atoms with Gasteiger partial charge in [0.15, 0.2) is 0 Å². The third-order valence-electron chi connectivity index (χ3n) is 3.87. The van der Waals surface area contributed by atoms with Crippen LogP contribution < -0.4 is 15.4 Å². The van der Waals surface area contributed by atoms with Crippen molar-refractivity contribution in [3.8, 4) is 5.75 Å². The van der Waals surface area contributed by atoms with Crippen LogP contribution >= 0.6 is 12.4 Å². The van der Waals surface area contributed by atoms with E-state index in [4.69, 9.17) is 4.74 Å². The number of piperidine rings is 1. The van der Waals surface area contributed by atoms with Gasteiger partial charge in [-0.25, -0.2) is 0 Å². The van der Waals surface area contributed by atoms with Crippen LogP contribution in [0.5, 0.6) is 5.75 Å². The second kappa shape index (κ2) is 10.5. The van der Waals surface area contributed by atoms with Crippen molar-refractivity contribution < 1.29 is 9.53 Å². The topological polar surface area (TPSA) is 50.4 Å². The lowest BCUT2D eigenvalue weighted by Crippen LogP contribution is -2.33. The van der Waals surface area contributed by atoms with Crippen molar-refractivity contribution in [1.82, 2.24) is 10.6 Å². The van der Waals surface area contributed by atoms with E-state index < -0.39 is 0 Å². The highest BCUT2D eigenvalue weighted by atomic mass is 35.5. The Morgan fingerprint density at radius 2 is 2.14 bits per heavy atom. The smallest absolute Gasteiger partial charge is 0.224 e. The fraction of sp³-hybridized carbons (Fsp3) is 0.588. The van der Waals surface area contributed by atoms with Gasteiger partial charge in [-0.1, -0.05) is 12.1 Å². The van der Waals surface area contributed by atoms with Crippen LogP contribution in [0.3, 0.4) is 0 Å². The van der Waals surface area contributed by atoms with E-state index in [2.05, 4.69) is 10.6 Å². The summed E-state index contributed by atoms with van der Waals surface area (Å²) in [5.41, 5.74) is 1.02. The minimum atomic E-state index is 0. The summed E-state index contributed by atoms with van der Waals surface area (Å²) in [5, 5.41) is 6.42. The molecular formula is C17H27ClN2O2. The largest absolute Gasteiger partial charge is 0.494 e. The number of halogens is 1. The number of amides is 1. The maximum Gasteiger partial charge on any atom is 0.224 e. The van der Waals surface area contributed by atoms with Gasteiger partial charge in [-0.2, -0.15) is 0 Å². The Kier molecular flexibility index (Phi) is 8.94. The average molecular weight is 327 g/mol. The van der Waals surface area contributed by atoms with Gasteiger partial charge < -0.3 is 15.4 Å². The van der Waals surface area contributed by atoms with E-state index in [1.807, 2.05) is 31.2 Å². The van der Waals surface area contributed by atoms with Crippen molar-refractivity contribution in [3.63, 3.8) is 0 Å². The Morgan fingerprint density at radius 1 is 1.36 bits per heavy atom. The van der Waals surface area contributed by atoms with Crippen LogP contribution in [0.15, 0.2) is 24.3 Å². The van der Waals surface area contributed by atoms with Gasteiger partial charge in [0.1, 0.15) is 5.75 Å². The van der Waals surface area contributed by atoms with E-state index in [0.29, 0.717) is 18.9 Å². The van der Waals surface area contributed by atoms with Crippen molar-refractivity contribution in [1.29, 1.82) is 0 Å². The van der Waals surface area contributed by atoms with Crippen LogP contribution in [0.2, 0.25) is 0 Å². The van der Waals surface area contributed by atoms with Crippen LogP contribution in [-0.4, -0.2) is 32.1 Å². The van der Waals surface area contributed by atoms with Gasteiger partial charge in [0.05, 0.1) is 13.0 Å². The highest BCUT2D eigenvalue weighted by Gasteiger charge is 2.12. The number of hydrogen-bond acceptors (Lipinski definition) is 3. The molecule has 22 heavy (non-hydrogen) atoms. The number of rotatable bonds is 7. The van der Waals surface area contributed by atoms with Gasteiger partial charge in [-0.05, 0) is 62.9 Å². The van der Waals surface area contributed by atoms with Crippen LogP contribution in [0.25, 0.3) is 0 Å². The normalized spacial score (nSPS) is 17.4. The quantitative estimate of drug-likeness (QED) is 0.809. The third-order valence-corrected chi connectivity index (χ3v) is 3.87. The fourth-order valence-corrected chi connectivity index (χ4v) is 2.70. The van der Waals surface area contributed by atoms with Gasteiger partial charge in [-0.3, -0.25) is 4.79 Å². The van der Waals surface area contributed by atoms with Crippen LogP contribution in [-0.2, 0) is 11.2 Å². The van der Waals surface area contributed by atoms with Crippen molar-refractivity contribution in [2.45, 2.75) is 32.6 Å². The number of hydrogen-bond donors (Lipinski definition) is 2. The summed E-state index contributed by atoms with van der Waals surface area (Å²) < 4.78 is 5.39. The molecule has 4 nitrogen and oxygen atoms in total. The first-order valence-electron chi connectivity index (χ1n) is 7.97. The molecule has 1 aromatic rings. The molecule has 1 unspecified atom stereocenters. The van der Waals surface area contributed by atoms with Crippen LogP contribution in [0.1, 0.15) is 31.7 Å². The first-order chi connectivity index (χ1) is 10.3. The zero-order valence-electron chi connectivity index (χ0n) is 13.3. The lowest BCUT2D eigenvalue weighted by Gasteiger charge is -2.22. The van der Waals surface area contributed by atoms with Crippen LogP contribution in [0.4, 0.5) is 0 Å². The summed E-state index contributed by atoms with van der Waals surface area (Å²) in [7, 11) is 0. The first kappa shape index (κ1) is 18.8. The summed E-state index contributed by atoms with van der Waals surface area (Å²) in [5.74, 6) is 1.67. The monoisotopic (exact) mass is 326 g/mol. The van der Waals surface area contributed by atoms with E-state index in [1.165, 1.54) is 12.8 Å². The maximum atomic E-state index is 11.9. The SMILES string of the molecule is CCOc1ccc(CC(=O)NCCC2CCCNC2)cc1.Cl. The first-order valence-corrected chi connectivity index (χ1v) is 7.97. The Morgan fingerprint density at radius 3 is 2.77 bits per heavy atom. The highest BCUT2D eigenvalue weighted by molar-refractivity contribution is 5.85. The molecule has 2 rings (SSSR count). The highest BCUT2D eigenvalue weighted by Crippen LogP contribution is 2.14. The summed E-state index contributed by atoms with van der Waals surface area (Å²) in [6.45, 7) is 5.64. The van der Waals surface area contributed by atoms with Crippen LogP contribution in [0, 0.1) is 5.92 Å². The number of nitrogens with one attached hydrogen (secondary N) is 2. The predicted octanol–water partition coefficient (Wildman–Crippen LogP) is 2.56. The molecule has 2 N–H and O–H groups in total. The summed E-state index contributed by atoms with van der Waals surface area (Å²) >= 11 is 0. The van der Waals surface area contributed by atoms with Gasteiger partial charge in [0.25, 0.3) is 0 Å². The standard InChI is InChI=1S/C17H26N2O2.ClH/c1-2-21-16-7-5-14(6-8-16)12-17(20)19-11-9-15-4-3-10-18-13-15;/h5-8,15,18H,2-4,9-13H2,1H3,(H,19,20);1H. The lowest BCUT2D eigenvalue weighted by molar-refractivity contribution is -0.120. The Balaban J connectivity index is 0.00000242. The summed E-state index contributed by atoms with van der Waals surface area (Å²) in [4.78, 5) is 11.9. The molecule has 0 spiro atoms. The number of ether oxygens (including phenoxy) is 1. The molecule has 1 heterocycles. The zero-order valence-corrected chi connectivity index (χ0v) is 14.1. The maximum absolute atomic E-state index is 11.9. The second-order valence-electron chi connectivity index (χ2n) is 5.60. The molecule has 1 aliphatic rings. The molecule has 1 saturated heterocycles. The van der Waals surface area contributed by atoms with Crippen molar-refractivity contribution in [2.75, 3.05) is 26.2 Å². The molecule has 0 bridgehead atoms. The van der Waals surface area contributed by atoms with E-state index >= 15 is 0 Å². The predicted molar refractivity (Wildman–Crippen MR) is 91.8 cm³/mol. The number of carbonyl (C=O) groups excluding carboxylic acids is 1. The second-order valence-corrected chi connectivity index (χ2v) is 5.60. The Labute approximate surface area is 139 Å². The van der Waals surface area contributed by atoms with Gasteiger partial charge in [0.2, 0.25) is 5.91 Å². The fourth-order valence-electron chi connectivity index (χ4n) is 2.70. The molecule has 0 aromatic heterocycles. The molecular weight excluding hydrogens is 300 g/mol. The number of benzene rings is 1. The van der Waals surface area contributed by atoms with Crippen molar-refractivity contribution in [3.05, 3.63) is 29.8 Å². The molecule has 0 saturated carbocycles. The molecule has 0 radical (unpaired) electrons.